The van der Waals surface area contributed by atoms with E-state index in [9.17, 15) is 39.6 Å². The molecule has 0 radical (unpaired) electrons. The van der Waals surface area contributed by atoms with Crippen LogP contribution in [0.3, 0.4) is 0 Å². The Labute approximate surface area is 169 Å². The van der Waals surface area contributed by atoms with E-state index in [-0.39, 0.29) is 11.5 Å². The first kappa shape index (κ1) is 22.5. The lowest BCUT2D eigenvalue weighted by molar-refractivity contribution is -0.187. The topological polar surface area (TPSA) is 168 Å². The number of hydrogen-bond acceptors (Lipinski definition) is 8. The van der Waals surface area contributed by atoms with E-state index >= 15 is 0 Å². The molecule has 158 valence electrons. The Morgan fingerprint density at radius 1 is 0.667 bits per heavy atom. The third-order valence-electron chi connectivity index (χ3n) is 4.50. The molecule has 0 saturated heterocycles. The minimum atomic E-state index is -4.11. The Hall–Kier alpha value is -3.76. The van der Waals surface area contributed by atoms with Crippen LogP contribution in [0.2, 0.25) is 0 Å². The lowest BCUT2D eigenvalue weighted by atomic mass is 9.72. The Kier molecular flexibility index (Phi) is 6.24. The highest BCUT2D eigenvalue weighted by Gasteiger charge is 2.70. The summed E-state index contributed by atoms with van der Waals surface area (Å²) in [4.78, 5) is 49.9. The minimum Gasteiger partial charge on any atom is -0.496 e. The second kappa shape index (κ2) is 8.31. The summed E-state index contributed by atoms with van der Waals surface area (Å²) in [5.41, 5.74) is -9.33. The van der Waals surface area contributed by atoms with Crippen molar-refractivity contribution in [1.82, 2.24) is 0 Å². The molecule has 0 aromatic heterocycles. The van der Waals surface area contributed by atoms with Crippen LogP contribution in [-0.2, 0) is 9.59 Å². The van der Waals surface area contributed by atoms with Gasteiger partial charge < -0.3 is 29.9 Å². The summed E-state index contributed by atoms with van der Waals surface area (Å²) in [6.45, 7) is 0. The molecule has 0 saturated carbocycles. The van der Waals surface area contributed by atoms with Crippen molar-refractivity contribution in [1.29, 1.82) is 0 Å². The Morgan fingerprint density at radius 2 is 0.967 bits per heavy atom. The van der Waals surface area contributed by atoms with Crippen LogP contribution in [-0.4, -0.2) is 69.4 Å². The van der Waals surface area contributed by atoms with Crippen LogP contribution in [0, 0.1) is 0 Å². The average Bonchev–Trinajstić information content (AvgIpc) is 2.76. The van der Waals surface area contributed by atoms with E-state index in [0.717, 1.165) is 26.4 Å². The van der Waals surface area contributed by atoms with Crippen molar-refractivity contribution < 1.29 is 49.1 Å². The molecule has 30 heavy (non-hydrogen) atoms. The summed E-state index contributed by atoms with van der Waals surface area (Å²) in [5.74, 6) is -8.85. The SMILES string of the molecule is COc1ccccc1C(=O)[C@](O)(C(=O)O)[C@@](O)(C(=O)O)C(=O)c1ccccc1OC. The Balaban J connectivity index is 2.80. The first-order valence-corrected chi connectivity index (χ1v) is 8.34. The first-order chi connectivity index (χ1) is 14.1. The molecule has 0 amide bonds. The number of carboxylic acids is 2. The van der Waals surface area contributed by atoms with E-state index in [1.807, 2.05) is 0 Å². The molecule has 4 N–H and O–H groups in total. The Morgan fingerprint density at radius 3 is 1.23 bits per heavy atom. The number of benzene rings is 2. The highest BCUT2D eigenvalue weighted by atomic mass is 16.5. The van der Waals surface area contributed by atoms with Gasteiger partial charge in [-0.2, -0.15) is 0 Å². The maximum Gasteiger partial charge on any atom is 0.348 e. The molecule has 0 fully saturated rings. The van der Waals surface area contributed by atoms with Gasteiger partial charge in [0.1, 0.15) is 11.5 Å². The van der Waals surface area contributed by atoms with Crippen LogP contribution in [0.25, 0.3) is 0 Å². The standard InChI is InChI=1S/C20H18O10/c1-29-13-9-5-3-7-11(13)15(21)19(27,17(23)24)20(28,18(25)26)16(22)12-8-4-6-10-14(12)30-2/h3-10,27-28H,1-2H3,(H,23,24)(H,25,26)/t19-,20-/m0/s1. The van der Waals surface area contributed by atoms with Gasteiger partial charge in [0.2, 0.25) is 11.6 Å². The van der Waals surface area contributed by atoms with Gasteiger partial charge in [-0.3, -0.25) is 9.59 Å². The molecule has 2 aromatic rings. The summed E-state index contributed by atoms with van der Waals surface area (Å²) < 4.78 is 9.87. The van der Waals surface area contributed by atoms with Gasteiger partial charge in [0.05, 0.1) is 25.3 Å². The molecule has 0 heterocycles. The summed E-state index contributed by atoms with van der Waals surface area (Å²) >= 11 is 0. The van der Waals surface area contributed by atoms with E-state index in [4.69, 9.17) is 9.47 Å². The third kappa shape index (κ3) is 3.27. The number of aliphatic hydroxyl groups is 2. The fourth-order valence-electron chi connectivity index (χ4n) is 2.89. The number of carbonyl (C=O) groups excluding carboxylic acids is 2. The van der Waals surface area contributed by atoms with E-state index in [1.54, 1.807) is 0 Å². The number of ether oxygens (including phenoxy) is 2. The van der Waals surface area contributed by atoms with Crippen LogP contribution in [0.1, 0.15) is 20.7 Å². The van der Waals surface area contributed by atoms with Crippen molar-refractivity contribution in [2.24, 2.45) is 0 Å². The number of rotatable bonds is 9. The van der Waals surface area contributed by atoms with Crippen LogP contribution < -0.4 is 9.47 Å². The van der Waals surface area contributed by atoms with Crippen LogP contribution in [0.15, 0.2) is 48.5 Å². The van der Waals surface area contributed by atoms with Gasteiger partial charge in [-0.15, -0.1) is 0 Å². The molecule has 2 aromatic carbocycles. The zero-order valence-corrected chi connectivity index (χ0v) is 15.9. The van der Waals surface area contributed by atoms with E-state index in [2.05, 4.69) is 0 Å². The summed E-state index contributed by atoms with van der Waals surface area (Å²) in [7, 11) is 2.30. The first-order valence-electron chi connectivity index (χ1n) is 8.34. The number of methoxy groups -OCH3 is 2. The van der Waals surface area contributed by atoms with Crippen molar-refractivity contribution in [3.63, 3.8) is 0 Å². The molecule has 0 bridgehead atoms. The van der Waals surface area contributed by atoms with Crippen LogP contribution in [0.4, 0.5) is 0 Å². The monoisotopic (exact) mass is 418 g/mol. The van der Waals surface area contributed by atoms with Gasteiger partial charge in [-0.25, -0.2) is 9.59 Å². The molecule has 0 unspecified atom stereocenters. The predicted molar refractivity (Wildman–Crippen MR) is 99.8 cm³/mol. The smallest absolute Gasteiger partial charge is 0.348 e. The van der Waals surface area contributed by atoms with E-state index in [0.29, 0.717) is 0 Å². The number of Topliss-reactive ketones (excluding diaryl/α,β-unsaturated/α-hetero) is 2. The van der Waals surface area contributed by atoms with Crippen molar-refractivity contribution in [3.8, 4) is 11.5 Å². The average molecular weight is 418 g/mol. The highest BCUT2D eigenvalue weighted by Crippen LogP contribution is 2.35. The Bertz CT molecular complexity index is 933. The molecule has 0 aliphatic heterocycles. The lowest BCUT2D eigenvalue weighted by Gasteiger charge is -2.35. The summed E-state index contributed by atoms with van der Waals surface area (Å²) in [6.07, 6.45) is 0. The van der Waals surface area contributed by atoms with Crippen molar-refractivity contribution in [3.05, 3.63) is 59.7 Å². The van der Waals surface area contributed by atoms with Gasteiger partial charge in [-0.1, -0.05) is 24.3 Å². The molecule has 10 heteroatoms. The molecule has 0 spiro atoms. The quantitative estimate of drug-likeness (QED) is 0.330. The number of aliphatic carboxylic acids is 2. The fourth-order valence-corrected chi connectivity index (χ4v) is 2.89. The molecule has 2 rings (SSSR count). The van der Waals surface area contributed by atoms with E-state index < -0.39 is 45.8 Å². The van der Waals surface area contributed by atoms with Crippen LogP contribution in [0.5, 0.6) is 11.5 Å². The van der Waals surface area contributed by atoms with Crippen LogP contribution >= 0.6 is 0 Å². The minimum absolute atomic E-state index is 0.209. The third-order valence-corrected chi connectivity index (χ3v) is 4.50. The van der Waals surface area contributed by atoms with E-state index in [1.165, 1.54) is 36.4 Å². The largest absolute Gasteiger partial charge is 0.496 e. The maximum absolute atomic E-state index is 13.0. The highest BCUT2D eigenvalue weighted by molar-refractivity contribution is 6.29. The van der Waals surface area contributed by atoms with Crippen molar-refractivity contribution >= 4 is 23.5 Å². The van der Waals surface area contributed by atoms with Gasteiger partial charge in [0.15, 0.2) is 0 Å². The molecular formula is C20H18O10. The second-order valence-electron chi connectivity index (χ2n) is 6.09. The number of hydrogen-bond donors (Lipinski definition) is 4. The molecule has 0 aliphatic rings. The van der Waals surface area contributed by atoms with Crippen molar-refractivity contribution in [2.45, 2.75) is 11.2 Å². The number of ketones is 2. The second-order valence-corrected chi connectivity index (χ2v) is 6.09. The number of carbonyl (C=O) groups is 4. The molecule has 2 atom stereocenters. The lowest BCUT2D eigenvalue weighted by Crippen LogP contribution is -2.71. The van der Waals surface area contributed by atoms with Crippen molar-refractivity contribution in [2.75, 3.05) is 14.2 Å². The predicted octanol–water partition coefficient (Wildman–Crippen LogP) is 0.401. The molecule has 0 aliphatic carbocycles. The maximum atomic E-state index is 13.0. The zero-order valence-electron chi connectivity index (χ0n) is 15.9. The molecule has 10 nitrogen and oxygen atoms in total. The number of para-hydroxylation sites is 2. The summed E-state index contributed by atoms with van der Waals surface area (Å²) in [5, 5.41) is 40.9. The van der Waals surface area contributed by atoms with Gasteiger partial charge in [0.25, 0.3) is 11.2 Å². The summed E-state index contributed by atoms with van der Waals surface area (Å²) in [6, 6.07) is 10.0. The number of carboxylic acid groups (broad SMARTS) is 2. The normalized spacial score (nSPS) is 14.7. The fraction of sp³-hybridized carbons (Fsp3) is 0.200. The van der Waals surface area contributed by atoms with Gasteiger partial charge in [0, 0.05) is 0 Å². The molecular weight excluding hydrogens is 400 g/mol. The zero-order chi connectivity index (χ0) is 22.7. The van der Waals surface area contributed by atoms with Gasteiger partial charge >= 0.3 is 11.9 Å². The van der Waals surface area contributed by atoms with Gasteiger partial charge in [-0.05, 0) is 24.3 Å².